The summed E-state index contributed by atoms with van der Waals surface area (Å²) in [5.41, 5.74) is 5.40. The maximum absolute atomic E-state index is 13.2. The molecule has 1 aromatic heterocycles. The standard InChI is InChI=1S/C32H31F3N6O2S/c1-3-4-22-6-5-21(2)19-27(22)40-17-18-44-30(40)37-29(42)38-31(15-16-31)24-9-7-23(8-10-24)28-36-20-41(39-28)25-11-13-26(14-12-25)43-32(33,34)35/h5-14,19-20H,3-4,15-18H2,1-2H3,(H,38,42)/b37-30-. The van der Waals surface area contributed by atoms with E-state index in [1.54, 1.807) is 11.8 Å². The zero-order valence-corrected chi connectivity index (χ0v) is 25.1. The fourth-order valence-electron chi connectivity index (χ4n) is 5.31. The maximum atomic E-state index is 13.2. The Balaban J connectivity index is 1.13. The average Bonchev–Trinajstić information content (AvgIpc) is 3.36. The molecule has 0 spiro atoms. The van der Waals surface area contributed by atoms with Gasteiger partial charge in [0, 0.05) is 23.5 Å². The van der Waals surface area contributed by atoms with Crippen molar-refractivity contribution in [1.29, 1.82) is 0 Å². The van der Waals surface area contributed by atoms with Crippen LogP contribution in [0.2, 0.25) is 0 Å². The summed E-state index contributed by atoms with van der Waals surface area (Å²) in [6, 6.07) is 19.2. The van der Waals surface area contributed by atoms with Gasteiger partial charge in [0.2, 0.25) is 0 Å². The summed E-state index contributed by atoms with van der Waals surface area (Å²) in [6.07, 6.45) is 0.399. The molecule has 228 valence electrons. The van der Waals surface area contributed by atoms with E-state index in [0.29, 0.717) is 11.5 Å². The van der Waals surface area contributed by atoms with Crippen molar-refractivity contribution in [2.45, 2.75) is 51.4 Å². The Kier molecular flexibility index (Phi) is 8.10. The van der Waals surface area contributed by atoms with Gasteiger partial charge >= 0.3 is 12.4 Å². The van der Waals surface area contributed by atoms with Gasteiger partial charge in [-0.3, -0.25) is 0 Å². The Labute approximate surface area is 257 Å². The number of aromatic nitrogens is 3. The quantitative estimate of drug-likeness (QED) is 0.221. The van der Waals surface area contributed by atoms with Crippen LogP contribution in [0.3, 0.4) is 0 Å². The number of thioether (sulfide) groups is 1. The fourth-order valence-corrected chi connectivity index (χ4v) is 6.26. The largest absolute Gasteiger partial charge is 0.573 e. The van der Waals surface area contributed by atoms with Gasteiger partial charge in [0.25, 0.3) is 0 Å². The summed E-state index contributed by atoms with van der Waals surface area (Å²) in [6.45, 7) is 5.05. The topological polar surface area (TPSA) is 84.6 Å². The molecule has 2 amide bonds. The third kappa shape index (κ3) is 6.59. The number of aliphatic imine (C=N–C) groups is 1. The highest BCUT2D eigenvalue weighted by Gasteiger charge is 2.46. The number of nitrogens with zero attached hydrogens (tertiary/aromatic N) is 5. The van der Waals surface area contributed by atoms with E-state index in [1.807, 2.05) is 24.3 Å². The van der Waals surface area contributed by atoms with Crippen molar-refractivity contribution in [3.63, 3.8) is 0 Å². The van der Waals surface area contributed by atoms with Gasteiger partial charge in [0.05, 0.1) is 11.2 Å². The molecule has 6 rings (SSSR count). The fraction of sp³-hybridized carbons (Fsp3) is 0.312. The monoisotopic (exact) mass is 620 g/mol. The average molecular weight is 621 g/mol. The predicted molar refractivity (Wildman–Crippen MR) is 165 cm³/mol. The van der Waals surface area contributed by atoms with Crippen LogP contribution in [0, 0.1) is 6.92 Å². The molecule has 0 unspecified atom stereocenters. The van der Waals surface area contributed by atoms with Gasteiger partial charge in [-0.05, 0) is 73.2 Å². The number of anilines is 1. The third-order valence-electron chi connectivity index (χ3n) is 7.64. The first-order chi connectivity index (χ1) is 21.1. The van der Waals surface area contributed by atoms with Crippen LogP contribution < -0.4 is 15.0 Å². The zero-order chi connectivity index (χ0) is 30.9. The first-order valence-electron chi connectivity index (χ1n) is 14.4. The summed E-state index contributed by atoms with van der Waals surface area (Å²) >= 11 is 1.60. The van der Waals surface area contributed by atoms with Crippen molar-refractivity contribution in [3.8, 4) is 22.8 Å². The normalized spacial score (nSPS) is 16.8. The van der Waals surface area contributed by atoms with Crippen molar-refractivity contribution < 1.29 is 22.7 Å². The molecular formula is C32H31F3N6O2S. The molecule has 3 aromatic carbocycles. The molecule has 4 aromatic rings. The molecule has 2 aliphatic rings. The number of carbonyl (C=O) groups excluding carboxylic acids is 1. The van der Waals surface area contributed by atoms with Crippen LogP contribution >= 0.6 is 11.8 Å². The Morgan fingerprint density at radius 2 is 1.84 bits per heavy atom. The number of halogens is 3. The van der Waals surface area contributed by atoms with Crippen LogP contribution in [0.15, 0.2) is 78.0 Å². The predicted octanol–water partition coefficient (Wildman–Crippen LogP) is 7.40. The number of rotatable bonds is 8. The van der Waals surface area contributed by atoms with Crippen molar-refractivity contribution in [2.75, 3.05) is 17.2 Å². The minimum atomic E-state index is -4.75. The highest BCUT2D eigenvalue weighted by molar-refractivity contribution is 8.14. The van der Waals surface area contributed by atoms with E-state index in [2.05, 4.69) is 62.1 Å². The van der Waals surface area contributed by atoms with E-state index in [-0.39, 0.29) is 11.8 Å². The van der Waals surface area contributed by atoms with E-state index >= 15 is 0 Å². The van der Waals surface area contributed by atoms with Gasteiger partial charge < -0.3 is 15.0 Å². The van der Waals surface area contributed by atoms with Crippen molar-refractivity contribution in [2.24, 2.45) is 4.99 Å². The second-order valence-electron chi connectivity index (χ2n) is 10.9. The molecule has 0 bridgehead atoms. The number of carbonyl (C=O) groups is 1. The Bertz CT molecular complexity index is 1680. The molecule has 44 heavy (non-hydrogen) atoms. The molecule has 0 radical (unpaired) electrons. The van der Waals surface area contributed by atoms with Gasteiger partial charge in [-0.15, -0.1) is 18.3 Å². The van der Waals surface area contributed by atoms with Crippen LogP contribution in [-0.2, 0) is 12.0 Å². The van der Waals surface area contributed by atoms with Crippen molar-refractivity contribution in [1.82, 2.24) is 20.1 Å². The van der Waals surface area contributed by atoms with E-state index in [4.69, 9.17) is 0 Å². The minimum Gasteiger partial charge on any atom is -0.406 e. The second-order valence-corrected chi connectivity index (χ2v) is 12.0. The summed E-state index contributed by atoms with van der Waals surface area (Å²) < 4.78 is 42.7. The number of ether oxygens (including phenoxy) is 1. The summed E-state index contributed by atoms with van der Waals surface area (Å²) in [4.78, 5) is 24.2. The SMILES string of the molecule is CCCc1ccc(C)cc1N1CCS/C1=N\C(=O)NC1(c2ccc(-c3ncn(-c4ccc(OC(F)(F)F)cc4)n3)cc2)CC1. The van der Waals surface area contributed by atoms with Gasteiger partial charge in [0.15, 0.2) is 11.0 Å². The number of urea groups is 1. The van der Waals surface area contributed by atoms with Gasteiger partial charge in [-0.2, -0.15) is 4.99 Å². The number of hydrogen-bond donors (Lipinski definition) is 1. The number of alkyl halides is 3. The number of nitrogens with one attached hydrogen (secondary N) is 1. The van der Waals surface area contributed by atoms with Gasteiger partial charge in [-0.25, -0.2) is 14.5 Å². The molecule has 1 saturated heterocycles. The lowest BCUT2D eigenvalue weighted by molar-refractivity contribution is -0.274. The highest BCUT2D eigenvalue weighted by Crippen LogP contribution is 2.46. The van der Waals surface area contributed by atoms with E-state index in [0.717, 1.165) is 60.0 Å². The molecule has 0 atom stereocenters. The van der Waals surface area contributed by atoms with Crippen LogP contribution in [0.5, 0.6) is 5.75 Å². The van der Waals surface area contributed by atoms with Crippen molar-refractivity contribution >= 4 is 28.6 Å². The van der Waals surface area contributed by atoms with E-state index < -0.39 is 11.9 Å². The Morgan fingerprint density at radius 3 is 2.52 bits per heavy atom. The summed E-state index contributed by atoms with van der Waals surface area (Å²) in [5, 5.41) is 8.35. The molecule has 2 heterocycles. The highest BCUT2D eigenvalue weighted by atomic mass is 32.2. The van der Waals surface area contributed by atoms with Crippen LogP contribution in [-0.4, -0.2) is 44.6 Å². The lowest BCUT2D eigenvalue weighted by Crippen LogP contribution is -2.34. The molecule has 1 aliphatic heterocycles. The van der Waals surface area contributed by atoms with E-state index in [1.165, 1.54) is 46.4 Å². The lowest BCUT2D eigenvalue weighted by atomic mass is 10.0. The number of hydrogen-bond acceptors (Lipinski definition) is 5. The molecule has 12 heteroatoms. The zero-order valence-electron chi connectivity index (χ0n) is 24.3. The summed E-state index contributed by atoms with van der Waals surface area (Å²) in [7, 11) is 0. The smallest absolute Gasteiger partial charge is 0.406 e. The molecule has 2 fully saturated rings. The van der Waals surface area contributed by atoms with Crippen LogP contribution in [0.25, 0.3) is 17.1 Å². The molecule has 1 aliphatic carbocycles. The molecule has 8 nitrogen and oxygen atoms in total. The molecule has 1 N–H and O–H groups in total. The van der Waals surface area contributed by atoms with Crippen LogP contribution in [0.4, 0.5) is 23.7 Å². The lowest BCUT2D eigenvalue weighted by Gasteiger charge is -2.22. The number of aryl methyl sites for hydroxylation is 2. The maximum Gasteiger partial charge on any atom is 0.573 e. The number of amides is 2. The number of benzene rings is 3. The van der Waals surface area contributed by atoms with E-state index in [9.17, 15) is 18.0 Å². The van der Waals surface area contributed by atoms with Gasteiger partial charge in [-0.1, -0.05) is 61.5 Å². The first-order valence-corrected chi connectivity index (χ1v) is 15.4. The van der Waals surface area contributed by atoms with Crippen LogP contribution in [0.1, 0.15) is 42.9 Å². The first kappa shape index (κ1) is 29.7. The second kappa shape index (κ2) is 12.0. The third-order valence-corrected chi connectivity index (χ3v) is 8.60. The minimum absolute atomic E-state index is 0.309. The number of amidine groups is 1. The molecule has 1 saturated carbocycles. The Morgan fingerprint density at radius 1 is 1.09 bits per heavy atom. The summed E-state index contributed by atoms with van der Waals surface area (Å²) in [5.74, 6) is 1.03. The van der Waals surface area contributed by atoms with Gasteiger partial charge in [0.1, 0.15) is 12.1 Å². The molecular weight excluding hydrogens is 589 g/mol. The Hall–Kier alpha value is -4.32. The van der Waals surface area contributed by atoms with Crippen molar-refractivity contribution in [3.05, 3.63) is 89.7 Å².